The monoisotopic (exact) mass is 1500 g/mol. The van der Waals surface area contributed by atoms with Gasteiger partial charge < -0.3 is 145 Å². The van der Waals surface area contributed by atoms with Crippen molar-refractivity contribution in [2.24, 2.45) is 17.8 Å². The summed E-state index contributed by atoms with van der Waals surface area (Å²) in [6.07, 6.45) is -8.90. The average molecular weight is 1500 g/mol. The van der Waals surface area contributed by atoms with Crippen molar-refractivity contribution in [2.75, 3.05) is 145 Å². The Labute approximate surface area is 609 Å². The van der Waals surface area contributed by atoms with Gasteiger partial charge in [-0.1, -0.05) is 33.6 Å². The van der Waals surface area contributed by atoms with Gasteiger partial charge in [0.25, 0.3) is 0 Å². The third-order valence-electron chi connectivity index (χ3n) is 18.8. The Balaban J connectivity index is 1.32. The highest BCUT2D eigenvalue weighted by molar-refractivity contribution is 5.81. The molecule has 7 amide bonds. The van der Waals surface area contributed by atoms with Crippen LogP contribution in [0, 0.1) is 17.8 Å². The fourth-order valence-electron chi connectivity index (χ4n) is 12.7. The fraction of sp³-hybridized carbons (Fsp3) is 0.897. The highest BCUT2D eigenvalue weighted by Crippen LogP contribution is 2.35. The van der Waals surface area contributed by atoms with Crippen LogP contribution < -0.4 is 37.2 Å². The van der Waals surface area contributed by atoms with E-state index in [2.05, 4.69) is 51.1 Å². The molecule has 3 aliphatic heterocycles. The Morgan fingerprint density at radius 2 is 0.769 bits per heavy atom. The summed E-state index contributed by atoms with van der Waals surface area (Å²) in [5.41, 5.74) is -1.31. The third-order valence-corrected chi connectivity index (χ3v) is 18.8. The van der Waals surface area contributed by atoms with Gasteiger partial charge in [0.2, 0.25) is 41.4 Å². The maximum absolute atomic E-state index is 14.1. The molecule has 3 heterocycles. The summed E-state index contributed by atoms with van der Waals surface area (Å²) < 4.78 is 73.4. The van der Waals surface area contributed by atoms with Crippen molar-refractivity contribution in [2.45, 2.75) is 228 Å². The number of hydrogen-bond acceptors (Lipinski definition) is 29. The van der Waals surface area contributed by atoms with Gasteiger partial charge in [-0.15, -0.1) is 0 Å². The van der Waals surface area contributed by atoms with Crippen molar-refractivity contribution in [1.29, 1.82) is 0 Å². The zero-order chi connectivity index (χ0) is 76.2. The molecule has 1 saturated carbocycles. The Morgan fingerprint density at radius 3 is 1.15 bits per heavy atom. The summed E-state index contributed by atoms with van der Waals surface area (Å²) in [5.74, 6) is -2.22. The van der Waals surface area contributed by atoms with E-state index in [1.165, 1.54) is 13.8 Å². The summed E-state index contributed by atoms with van der Waals surface area (Å²) in [5, 5.41) is 110. The molecule has 4 fully saturated rings. The molecule has 16 N–H and O–H groups in total. The fourth-order valence-corrected chi connectivity index (χ4v) is 12.7. The zero-order valence-corrected chi connectivity index (χ0v) is 61.2. The molecule has 0 aromatic heterocycles. The van der Waals surface area contributed by atoms with Crippen LogP contribution in [0.3, 0.4) is 0 Å². The minimum absolute atomic E-state index is 0.0101. The maximum Gasteiger partial charge on any atom is 0.221 e. The van der Waals surface area contributed by atoms with Crippen LogP contribution in [0.4, 0.5) is 0 Å². The van der Waals surface area contributed by atoms with Crippen LogP contribution in [0.15, 0.2) is 0 Å². The van der Waals surface area contributed by atoms with E-state index in [0.29, 0.717) is 11.8 Å². The molecule has 0 bridgehead atoms. The highest BCUT2D eigenvalue weighted by Gasteiger charge is 2.47. The van der Waals surface area contributed by atoms with Gasteiger partial charge in [-0.2, -0.15) is 0 Å². The zero-order valence-electron chi connectivity index (χ0n) is 61.2. The molecule has 36 nitrogen and oxygen atoms in total. The second-order valence-electron chi connectivity index (χ2n) is 26.5. The van der Waals surface area contributed by atoms with Gasteiger partial charge in [0.15, 0.2) is 18.9 Å². The molecule has 104 heavy (non-hydrogen) atoms. The molecule has 0 aromatic carbocycles. The van der Waals surface area contributed by atoms with E-state index >= 15 is 0 Å². The number of aliphatic hydroxyl groups excluding tert-OH is 9. The summed E-state index contributed by atoms with van der Waals surface area (Å²) in [6, 6.07) is -2.23. The smallest absolute Gasteiger partial charge is 0.221 e. The SMILES string of the molecule is CCC(CC)C1CCC(OCNC(=O)CCCC(=O)NC(CCC(=O)NCCOCCOCCOC2OC(CO)C(O)C(O)C2C)(CCC(=O)NCCOCCOCCOC2OC(CO)C(O)C(O)C2NC(C)=O)CCC(=O)NCCOCCOCCOC2OC(CO)C(O)C(O)C2NC(C)=O)CC1. The van der Waals surface area contributed by atoms with Crippen LogP contribution >= 0.6 is 0 Å². The number of rotatable bonds is 55. The predicted molar refractivity (Wildman–Crippen MR) is 366 cm³/mol. The van der Waals surface area contributed by atoms with Crippen molar-refractivity contribution >= 4 is 41.4 Å². The Hall–Kier alpha value is -4.59. The van der Waals surface area contributed by atoms with E-state index in [1.54, 1.807) is 6.92 Å². The normalized spacial score (nSPS) is 27.7. The van der Waals surface area contributed by atoms with Gasteiger partial charge in [0, 0.05) is 77.0 Å². The van der Waals surface area contributed by atoms with Gasteiger partial charge in [-0.3, -0.25) is 33.6 Å². The minimum Gasteiger partial charge on any atom is -0.394 e. The third kappa shape index (κ3) is 34.8. The van der Waals surface area contributed by atoms with Crippen molar-refractivity contribution in [1.82, 2.24) is 37.2 Å². The molecule has 4 rings (SSSR count). The topological polar surface area (TPSA) is 506 Å². The van der Waals surface area contributed by atoms with E-state index in [0.717, 1.165) is 38.5 Å². The average Bonchev–Trinajstić information content (AvgIpc) is 0.816. The lowest BCUT2D eigenvalue weighted by Crippen LogP contribution is -2.64. The van der Waals surface area contributed by atoms with Crippen LogP contribution in [-0.4, -0.2) is 330 Å². The lowest BCUT2D eigenvalue weighted by Gasteiger charge is -2.42. The first-order valence-corrected chi connectivity index (χ1v) is 36.7. The minimum atomic E-state index is -1.47. The summed E-state index contributed by atoms with van der Waals surface area (Å²) in [6.45, 7) is 8.46. The van der Waals surface area contributed by atoms with E-state index in [-0.39, 0.29) is 195 Å². The molecule has 15 unspecified atom stereocenters. The molecule has 15 atom stereocenters. The molecule has 604 valence electrons. The lowest BCUT2D eigenvalue weighted by atomic mass is 9.77. The van der Waals surface area contributed by atoms with Crippen molar-refractivity contribution < 1.29 is 141 Å². The molecule has 1 aliphatic carbocycles. The number of carbonyl (C=O) groups is 7. The maximum atomic E-state index is 14.1. The Bertz CT molecular complexity index is 2320. The molecule has 0 spiro atoms. The van der Waals surface area contributed by atoms with Gasteiger partial charge in [0.1, 0.15) is 67.6 Å². The number of aliphatic hydroxyl groups is 9. The van der Waals surface area contributed by atoms with Gasteiger partial charge in [-0.05, 0) is 63.2 Å². The largest absolute Gasteiger partial charge is 0.394 e. The number of ether oxygens (including phenoxy) is 13. The molecule has 0 aromatic rings. The first-order valence-electron chi connectivity index (χ1n) is 36.7. The first-order chi connectivity index (χ1) is 50.0. The van der Waals surface area contributed by atoms with E-state index in [1.807, 2.05) is 0 Å². The van der Waals surface area contributed by atoms with Crippen LogP contribution in [0.25, 0.3) is 0 Å². The molecule has 36 heteroatoms. The number of hydrogen-bond donors (Lipinski definition) is 16. The lowest BCUT2D eigenvalue weighted by molar-refractivity contribution is -0.284. The highest BCUT2D eigenvalue weighted by atomic mass is 16.7. The Kier molecular flexibility index (Phi) is 46.3. The predicted octanol–water partition coefficient (Wildman–Crippen LogP) is -4.10. The molecule has 3 saturated heterocycles. The summed E-state index contributed by atoms with van der Waals surface area (Å²) >= 11 is 0. The number of amides is 7. The number of carbonyl (C=O) groups excluding carboxylic acids is 7. The van der Waals surface area contributed by atoms with Crippen LogP contribution in [0.2, 0.25) is 0 Å². The quantitative estimate of drug-likeness (QED) is 0.0203. The van der Waals surface area contributed by atoms with Crippen molar-refractivity contribution in [3.8, 4) is 0 Å². The Morgan fingerprint density at radius 1 is 0.423 bits per heavy atom. The molecular weight excluding hydrogens is 1380 g/mol. The van der Waals surface area contributed by atoms with Crippen LogP contribution in [-0.2, 0) is 95.1 Å². The van der Waals surface area contributed by atoms with E-state index in [4.69, 9.17) is 61.6 Å². The second-order valence-corrected chi connectivity index (χ2v) is 26.5. The van der Waals surface area contributed by atoms with Gasteiger partial charge in [0.05, 0.1) is 131 Å². The summed E-state index contributed by atoms with van der Waals surface area (Å²) in [7, 11) is 0. The standard InChI is InChI=1S/C68H123N7O29/c1-6-46(7-2)47-11-13-48(14-12-47)101-42-72-52(81)9-8-10-56(85)75-68(18-15-53(82)69-21-24-92-27-30-95-33-36-98-65-43(3)59(86)60(87)49(39-76)102-65,19-16-54(83)70-22-25-93-28-31-96-34-37-99-66-57(73-44(4)79)63(90)61(88)50(40-77)103-66)20-17-55(84)71-23-26-94-29-32-97-35-38-100-67-58(74-45(5)80)64(91)62(89)51(41-78)104-67/h43,46-51,57-67,76-78,86-91H,6-42H2,1-5H3,(H,69,82)(H,70,83)(H,71,84)(H,72,81)(H,73,79)(H,74,80)(H,75,85). The van der Waals surface area contributed by atoms with Crippen LogP contribution in [0.5, 0.6) is 0 Å². The molecule has 0 radical (unpaired) electrons. The number of nitrogens with one attached hydrogen (secondary N) is 7. The van der Waals surface area contributed by atoms with Gasteiger partial charge >= 0.3 is 0 Å². The van der Waals surface area contributed by atoms with Gasteiger partial charge in [-0.25, -0.2) is 0 Å². The second kappa shape index (κ2) is 52.5. The first kappa shape index (κ1) is 91.8. The van der Waals surface area contributed by atoms with Crippen molar-refractivity contribution in [3.63, 3.8) is 0 Å². The summed E-state index contributed by atoms with van der Waals surface area (Å²) in [4.78, 5) is 91.3. The van der Waals surface area contributed by atoms with Crippen molar-refractivity contribution in [3.05, 3.63) is 0 Å². The molecule has 4 aliphatic rings. The molecular formula is C68H123N7O29. The van der Waals surface area contributed by atoms with Crippen LogP contribution in [0.1, 0.15) is 131 Å². The van der Waals surface area contributed by atoms with E-state index in [9.17, 15) is 79.5 Å². The van der Waals surface area contributed by atoms with E-state index < -0.39 is 153 Å².